The van der Waals surface area contributed by atoms with Gasteiger partial charge in [-0.05, 0) is 25.1 Å². The van der Waals surface area contributed by atoms with Gasteiger partial charge in [-0.1, -0.05) is 0 Å². The Bertz CT molecular complexity index is 462. The Kier molecular flexibility index (Phi) is 2.49. The zero-order chi connectivity index (χ0) is 10.8. The van der Waals surface area contributed by atoms with E-state index in [1.807, 2.05) is 37.2 Å². The Labute approximate surface area is 88.9 Å². The van der Waals surface area contributed by atoms with Gasteiger partial charge in [0.2, 0.25) is 0 Å². The van der Waals surface area contributed by atoms with Crippen molar-refractivity contribution in [2.24, 2.45) is 0 Å². The van der Waals surface area contributed by atoms with Crippen molar-refractivity contribution in [2.75, 3.05) is 30.9 Å². The van der Waals surface area contributed by atoms with Crippen LogP contribution in [0.25, 0.3) is 11.1 Å². The first-order valence-electron chi connectivity index (χ1n) is 5.02. The van der Waals surface area contributed by atoms with Gasteiger partial charge in [0.05, 0.1) is 0 Å². The molecule has 15 heavy (non-hydrogen) atoms. The molecular formula is C11H15N3O. The summed E-state index contributed by atoms with van der Waals surface area (Å²) in [7, 11) is 3.83. The lowest BCUT2D eigenvalue weighted by Crippen LogP contribution is -2.08. The molecule has 0 fully saturated rings. The quantitative estimate of drug-likeness (QED) is 0.835. The van der Waals surface area contributed by atoms with Gasteiger partial charge in [-0.25, -0.2) is 0 Å². The van der Waals surface area contributed by atoms with Crippen LogP contribution >= 0.6 is 0 Å². The topological polar surface area (TPSA) is 41.3 Å². The van der Waals surface area contributed by atoms with E-state index in [0.717, 1.165) is 23.3 Å². The minimum atomic E-state index is 0.638. The molecule has 0 aliphatic carbocycles. The molecule has 4 heteroatoms. The molecule has 2 aromatic rings. The average Bonchev–Trinajstić information content (AvgIpc) is 2.61. The first-order chi connectivity index (χ1) is 7.20. The Balaban J connectivity index is 2.43. The molecule has 0 bridgehead atoms. The number of anilines is 2. The highest BCUT2D eigenvalue weighted by Crippen LogP contribution is 2.23. The molecular weight excluding hydrogens is 190 g/mol. The molecule has 0 atom stereocenters. The van der Waals surface area contributed by atoms with Crippen LogP contribution in [-0.2, 0) is 0 Å². The van der Waals surface area contributed by atoms with E-state index in [9.17, 15) is 0 Å². The lowest BCUT2D eigenvalue weighted by atomic mass is 10.3. The maximum atomic E-state index is 5.55. The lowest BCUT2D eigenvalue weighted by molar-refractivity contribution is 0.597. The maximum Gasteiger partial charge on any atom is 0.297 e. The van der Waals surface area contributed by atoms with Crippen LogP contribution in [0.15, 0.2) is 22.6 Å². The summed E-state index contributed by atoms with van der Waals surface area (Å²) in [5.41, 5.74) is 2.78. The van der Waals surface area contributed by atoms with E-state index < -0.39 is 0 Å². The van der Waals surface area contributed by atoms with Crippen LogP contribution in [-0.4, -0.2) is 25.6 Å². The smallest absolute Gasteiger partial charge is 0.297 e. The Morgan fingerprint density at radius 3 is 2.87 bits per heavy atom. The molecule has 80 valence electrons. The number of nitrogens with one attached hydrogen (secondary N) is 1. The fourth-order valence-corrected chi connectivity index (χ4v) is 1.42. The van der Waals surface area contributed by atoms with Crippen LogP contribution in [0.1, 0.15) is 6.92 Å². The lowest BCUT2D eigenvalue weighted by Gasteiger charge is -2.03. The average molecular weight is 205 g/mol. The Morgan fingerprint density at radius 2 is 2.20 bits per heavy atom. The number of benzene rings is 1. The second-order valence-electron chi connectivity index (χ2n) is 3.60. The third-order valence-electron chi connectivity index (χ3n) is 2.14. The minimum Gasteiger partial charge on any atom is -0.423 e. The monoisotopic (exact) mass is 205 g/mol. The van der Waals surface area contributed by atoms with Crippen LogP contribution in [0.5, 0.6) is 0 Å². The second kappa shape index (κ2) is 3.81. The fourth-order valence-electron chi connectivity index (χ4n) is 1.42. The maximum absolute atomic E-state index is 5.55. The summed E-state index contributed by atoms with van der Waals surface area (Å²) < 4.78 is 5.55. The number of fused-ring (bicyclic) bond motifs is 1. The summed E-state index contributed by atoms with van der Waals surface area (Å²) in [5.74, 6) is 0. The highest BCUT2D eigenvalue weighted by atomic mass is 16.4. The van der Waals surface area contributed by atoms with Gasteiger partial charge in [0.1, 0.15) is 5.52 Å². The van der Waals surface area contributed by atoms with Crippen molar-refractivity contribution >= 4 is 22.8 Å². The summed E-state index contributed by atoms with van der Waals surface area (Å²) in [5, 5.41) is 3.24. The molecule has 0 aliphatic rings. The van der Waals surface area contributed by atoms with E-state index in [1.165, 1.54) is 0 Å². The molecule has 0 spiro atoms. The van der Waals surface area contributed by atoms with Crippen molar-refractivity contribution in [3.8, 4) is 0 Å². The molecule has 0 saturated carbocycles. The number of nitrogens with zero attached hydrogens (tertiary/aromatic N) is 2. The standard InChI is InChI=1S/C11H15N3O/c1-4-12-8-5-6-10-9(7-8)13-11(15-10)14(2)3/h5-7,12H,4H2,1-3H3. The SMILES string of the molecule is CCNc1ccc2oc(N(C)C)nc2c1. The third kappa shape index (κ3) is 1.88. The van der Waals surface area contributed by atoms with Gasteiger partial charge < -0.3 is 14.6 Å². The van der Waals surface area contributed by atoms with Crippen LogP contribution in [0.2, 0.25) is 0 Å². The summed E-state index contributed by atoms with van der Waals surface area (Å²) in [6.45, 7) is 2.97. The van der Waals surface area contributed by atoms with E-state index in [2.05, 4.69) is 17.2 Å². The van der Waals surface area contributed by atoms with Crippen molar-refractivity contribution in [1.82, 2.24) is 4.98 Å². The number of oxazole rings is 1. The molecule has 1 heterocycles. The van der Waals surface area contributed by atoms with Gasteiger partial charge in [-0.15, -0.1) is 0 Å². The number of hydrogen-bond donors (Lipinski definition) is 1. The normalized spacial score (nSPS) is 10.6. The fraction of sp³-hybridized carbons (Fsp3) is 0.364. The van der Waals surface area contributed by atoms with Crippen LogP contribution in [0.4, 0.5) is 11.7 Å². The van der Waals surface area contributed by atoms with Crippen molar-refractivity contribution in [1.29, 1.82) is 0 Å². The Morgan fingerprint density at radius 1 is 1.40 bits per heavy atom. The summed E-state index contributed by atoms with van der Waals surface area (Å²) >= 11 is 0. The minimum absolute atomic E-state index is 0.638. The second-order valence-corrected chi connectivity index (χ2v) is 3.60. The zero-order valence-electron chi connectivity index (χ0n) is 9.24. The van der Waals surface area contributed by atoms with Crippen molar-refractivity contribution in [2.45, 2.75) is 6.92 Å². The van der Waals surface area contributed by atoms with Gasteiger partial charge >= 0.3 is 0 Å². The van der Waals surface area contributed by atoms with E-state index in [-0.39, 0.29) is 0 Å². The van der Waals surface area contributed by atoms with E-state index in [0.29, 0.717) is 6.01 Å². The summed E-state index contributed by atoms with van der Waals surface area (Å²) in [6.07, 6.45) is 0. The van der Waals surface area contributed by atoms with Crippen molar-refractivity contribution in [3.05, 3.63) is 18.2 Å². The third-order valence-corrected chi connectivity index (χ3v) is 2.14. The first kappa shape index (κ1) is 9.83. The molecule has 4 nitrogen and oxygen atoms in total. The van der Waals surface area contributed by atoms with Crippen LogP contribution in [0.3, 0.4) is 0 Å². The first-order valence-corrected chi connectivity index (χ1v) is 5.02. The molecule has 0 saturated heterocycles. The highest BCUT2D eigenvalue weighted by molar-refractivity contribution is 5.78. The van der Waals surface area contributed by atoms with Crippen LogP contribution < -0.4 is 10.2 Å². The molecule has 1 aromatic heterocycles. The molecule has 0 radical (unpaired) electrons. The number of hydrogen-bond acceptors (Lipinski definition) is 4. The highest BCUT2D eigenvalue weighted by Gasteiger charge is 2.07. The van der Waals surface area contributed by atoms with Gasteiger partial charge in [0, 0.05) is 26.3 Å². The predicted molar refractivity (Wildman–Crippen MR) is 62.5 cm³/mol. The molecule has 0 unspecified atom stereocenters. The van der Waals surface area contributed by atoms with Gasteiger partial charge in [-0.2, -0.15) is 4.98 Å². The predicted octanol–water partition coefficient (Wildman–Crippen LogP) is 2.33. The van der Waals surface area contributed by atoms with Crippen molar-refractivity contribution in [3.63, 3.8) is 0 Å². The Hall–Kier alpha value is -1.71. The van der Waals surface area contributed by atoms with E-state index >= 15 is 0 Å². The van der Waals surface area contributed by atoms with E-state index in [1.54, 1.807) is 0 Å². The van der Waals surface area contributed by atoms with Crippen molar-refractivity contribution < 1.29 is 4.42 Å². The number of rotatable bonds is 3. The van der Waals surface area contributed by atoms with Gasteiger partial charge in [-0.3, -0.25) is 0 Å². The summed E-state index contributed by atoms with van der Waals surface area (Å²) in [6, 6.07) is 6.57. The largest absolute Gasteiger partial charge is 0.423 e. The molecule has 0 amide bonds. The summed E-state index contributed by atoms with van der Waals surface area (Å²) in [4.78, 5) is 6.23. The molecule has 1 N–H and O–H groups in total. The van der Waals surface area contributed by atoms with Gasteiger partial charge in [0.25, 0.3) is 6.01 Å². The molecule has 1 aromatic carbocycles. The number of aromatic nitrogens is 1. The molecule has 0 aliphatic heterocycles. The van der Waals surface area contributed by atoms with Crippen LogP contribution in [0, 0.1) is 0 Å². The van der Waals surface area contributed by atoms with E-state index in [4.69, 9.17) is 4.42 Å². The molecule has 2 rings (SSSR count). The van der Waals surface area contributed by atoms with Gasteiger partial charge in [0.15, 0.2) is 5.58 Å². The zero-order valence-corrected chi connectivity index (χ0v) is 9.24.